The van der Waals surface area contributed by atoms with Gasteiger partial charge >= 0.3 is 0 Å². The van der Waals surface area contributed by atoms with Gasteiger partial charge in [0.05, 0.1) is 72.7 Å². The molecule has 224 valence electrons. The van der Waals surface area contributed by atoms with Gasteiger partial charge in [0.15, 0.2) is 0 Å². The summed E-state index contributed by atoms with van der Waals surface area (Å²) in [6, 6.07) is 0. The number of halogens is 1. The fourth-order valence-corrected chi connectivity index (χ4v) is 4.24. The Balaban J connectivity index is 3.00. The van der Waals surface area contributed by atoms with E-state index in [1.807, 2.05) is 0 Å². The van der Waals surface area contributed by atoms with Crippen LogP contribution in [-0.2, 0) is 28.4 Å². The third-order valence-electron chi connectivity index (χ3n) is 6.22. The van der Waals surface area contributed by atoms with Gasteiger partial charge in [-0.05, 0) is 6.42 Å². The molecule has 0 aliphatic carbocycles. The maximum Gasteiger partial charge on any atom is 0.0701 e. The summed E-state index contributed by atoms with van der Waals surface area (Å²) in [5.41, 5.74) is 0. The van der Waals surface area contributed by atoms with Crippen molar-refractivity contribution in [3.63, 3.8) is 0 Å². The molecule has 0 spiro atoms. The molecule has 0 rings (SSSR count). The number of rotatable bonds is 34. The van der Waals surface area contributed by atoms with Crippen LogP contribution in [0.4, 0.5) is 0 Å². The number of hydrogen-bond donors (Lipinski definition) is 0. The van der Waals surface area contributed by atoms with Gasteiger partial charge in [-0.1, -0.05) is 119 Å². The SMILES string of the molecule is CCCCCCCCCCCCCCCCCCOCCOCCOCCOCCOCCOCCBr. The van der Waals surface area contributed by atoms with Crippen molar-refractivity contribution in [2.75, 3.05) is 84.6 Å². The molecule has 0 aromatic rings. The average Bonchev–Trinajstić information content (AvgIpc) is 2.91. The highest BCUT2D eigenvalue weighted by Gasteiger charge is 1.96. The van der Waals surface area contributed by atoms with E-state index in [0.717, 1.165) is 18.4 Å². The Morgan fingerprint density at radius 3 is 0.838 bits per heavy atom. The fraction of sp³-hybridized carbons (Fsp3) is 1.00. The number of ether oxygens (including phenoxy) is 6. The topological polar surface area (TPSA) is 55.4 Å². The Hall–Kier alpha value is 0.240. The van der Waals surface area contributed by atoms with E-state index in [0.29, 0.717) is 72.7 Å². The van der Waals surface area contributed by atoms with Gasteiger partial charge in [0.25, 0.3) is 0 Å². The molecule has 0 bridgehead atoms. The van der Waals surface area contributed by atoms with Crippen LogP contribution in [0.15, 0.2) is 0 Å². The lowest BCUT2D eigenvalue weighted by atomic mass is 10.0. The minimum absolute atomic E-state index is 0.575. The van der Waals surface area contributed by atoms with Crippen molar-refractivity contribution in [2.45, 2.75) is 110 Å². The van der Waals surface area contributed by atoms with Gasteiger partial charge in [-0.25, -0.2) is 0 Å². The van der Waals surface area contributed by atoms with Crippen LogP contribution in [0.5, 0.6) is 0 Å². The van der Waals surface area contributed by atoms with Crippen molar-refractivity contribution >= 4 is 15.9 Å². The van der Waals surface area contributed by atoms with Crippen molar-refractivity contribution in [2.24, 2.45) is 0 Å². The molecule has 0 atom stereocenters. The molecule has 0 unspecified atom stereocenters. The van der Waals surface area contributed by atoms with E-state index in [1.54, 1.807) is 0 Å². The number of alkyl halides is 1. The highest BCUT2D eigenvalue weighted by Crippen LogP contribution is 2.13. The number of unbranched alkanes of at least 4 members (excludes halogenated alkanes) is 15. The van der Waals surface area contributed by atoms with E-state index in [2.05, 4.69) is 22.9 Å². The Morgan fingerprint density at radius 1 is 0.297 bits per heavy atom. The summed E-state index contributed by atoms with van der Waals surface area (Å²) in [6.45, 7) is 9.89. The Bertz CT molecular complexity index is 355. The van der Waals surface area contributed by atoms with Crippen molar-refractivity contribution < 1.29 is 28.4 Å². The zero-order valence-electron chi connectivity index (χ0n) is 24.3. The first-order chi connectivity index (χ1) is 18.4. The van der Waals surface area contributed by atoms with E-state index < -0.39 is 0 Å². The van der Waals surface area contributed by atoms with E-state index in [4.69, 9.17) is 28.4 Å². The monoisotopic (exact) mass is 596 g/mol. The van der Waals surface area contributed by atoms with Crippen molar-refractivity contribution in [1.29, 1.82) is 0 Å². The molecular weight excluding hydrogens is 536 g/mol. The summed E-state index contributed by atoms with van der Waals surface area (Å²) in [5.74, 6) is 0. The maximum atomic E-state index is 5.66. The van der Waals surface area contributed by atoms with Crippen LogP contribution in [0.1, 0.15) is 110 Å². The predicted octanol–water partition coefficient (Wildman–Crippen LogP) is 7.74. The first-order valence-corrected chi connectivity index (χ1v) is 16.6. The van der Waals surface area contributed by atoms with Crippen LogP contribution >= 0.6 is 15.9 Å². The van der Waals surface area contributed by atoms with E-state index >= 15 is 0 Å². The summed E-state index contributed by atoms with van der Waals surface area (Å²) in [5, 5.41) is 0.856. The van der Waals surface area contributed by atoms with Gasteiger partial charge in [0.1, 0.15) is 0 Å². The standard InChI is InChI=1S/C30H61BrO6/c1-2-3-4-5-6-7-8-9-10-11-12-13-14-15-16-17-19-32-21-23-34-25-27-36-29-30-37-28-26-35-24-22-33-20-18-31/h2-30H2,1H3. The smallest absolute Gasteiger partial charge is 0.0701 e. The van der Waals surface area contributed by atoms with Gasteiger partial charge < -0.3 is 28.4 Å². The van der Waals surface area contributed by atoms with Crippen molar-refractivity contribution in [1.82, 2.24) is 0 Å². The molecule has 0 radical (unpaired) electrons. The Kier molecular flexibility index (Phi) is 36.5. The molecule has 7 heteroatoms. The van der Waals surface area contributed by atoms with Gasteiger partial charge in [-0.15, -0.1) is 0 Å². The highest BCUT2D eigenvalue weighted by atomic mass is 79.9. The third kappa shape index (κ3) is 36.2. The quantitative estimate of drug-likeness (QED) is 0.0559. The van der Waals surface area contributed by atoms with Crippen LogP contribution in [0.2, 0.25) is 0 Å². The summed E-state index contributed by atoms with van der Waals surface area (Å²) in [6.07, 6.45) is 22.3. The molecule has 0 aromatic carbocycles. The summed E-state index contributed by atoms with van der Waals surface area (Å²) in [7, 11) is 0. The van der Waals surface area contributed by atoms with E-state index in [1.165, 1.54) is 96.3 Å². The molecule has 6 nitrogen and oxygen atoms in total. The van der Waals surface area contributed by atoms with E-state index in [-0.39, 0.29) is 0 Å². The molecule has 0 aliphatic heterocycles. The minimum Gasteiger partial charge on any atom is -0.379 e. The largest absolute Gasteiger partial charge is 0.379 e. The molecule has 0 N–H and O–H groups in total. The van der Waals surface area contributed by atoms with Crippen LogP contribution < -0.4 is 0 Å². The first-order valence-electron chi connectivity index (χ1n) is 15.4. The highest BCUT2D eigenvalue weighted by molar-refractivity contribution is 9.09. The Labute approximate surface area is 238 Å². The Morgan fingerprint density at radius 2 is 0.541 bits per heavy atom. The summed E-state index contributed by atoms with van der Waals surface area (Å²) < 4.78 is 32.8. The van der Waals surface area contributed by atoms with Gasteiger partial charge in [0, 0.05) is 11.9 Å². The normalized spacial score (nSPS) is 11.5. The second-order valence-corrected chi connectivity index (χ2v) is 10.5. The molecule has 0 heterocycles. The average molecular weight is 598 g/mol. The molecule has 0 saturated carbocycles. The zero-order valence-corrected chi connectivity index (χ0v) is 25.9. The first kappa shape index (κ1) is 37.2. The lowest BCUT2D eigenvalue weighted by Gasteiger charge is -2.08. The van der Waals surface area contributed by atoms with Gasteiger partial charge in [-0.3, -0.25) is 0 Å². The van der Waals surface area contributed by atoms with Gasteiger partial charge in [-0.2, -0.15) is 0 Å². The van der Waals surface area contributed by atoms with Crippen LogP contribution in [0, 0.1) is 0 Å². The molecule has 0 saturated heterocycles. The molecule has 37 heavy (non-hydrogen) atoms. The zero-order chi connectivity index (χ0) is 26.7. The maximum absolute atomic E-state index is 5.66. The molecule has 0 amide bonds. The fourth-order valence-electron chi connectivity index (χ4n) is 4.01. The third-order valence-corrected chi connectivity index (χ3v) is 6.55. The van der Waals surface area contributed by atoms with Crippen LogP contribution in [0.3, 0.4) is 0 Å². The molecule has 0 fully saturated rings. The molecule has 0 aliphatic rings. The van der Waals surface area contributed by atoms with Crippen LogP contribution in [-0.4, -0.2) is 84.6 Å². The summed E-state index contributed by atoms with van der Waals surface area (Å²) >= 11 is 3.31. The van der Waals surface area contributed by atoms with Crippen LogP contribution in [0.25, 0.3) is 0 Å². The minimum atomic E-state index is 0.575. The van der Waals surface area contributed by atoms with Gasteiger partial charge in [0.2, 0.25) is 0 Å². The van der Waals surface area contributed by atoms with E-state index in [9.17, 15) is 0 Å². The predicted molar refractivity (Wildman–Crippen MR) is 158 cm³/mol. The molecule has 0 aromatic heterocycles. The molecular formula is C30H61BrO6. The lowest BCUT2D eigenvalue weighted by molar-refractivity contribution is -0.0162. The summed E-state index contributed by atoms with van der Waals surface area (Å²) in [4.78, 5) is 0. The lowest BCUT2D eigenvalue weighted by Crippen LogP contribution is -2.14. The second kappa shape index (κ2) is 36.2. The van der Waals surface area contributed by atoms with Crippen molar-refractivity contribution in [3.05, 3.63) is 0 Å². The number of hydrogen-bond acceptors (Lipinski definition) is 6. The van der Waals surface area contributed by atoms with Crippen molar-refractivity contribution in [3.8, 4) is 0 Å². The second-order valence-electron chi connectivity index (χ2n) is 9.67.